The number of hydrogen-bond acceptors (Lipinski definition) is 4. The van der Waals surface area contributed by atoms with E-state index in [2.05, 4.69) is 6.07 Å². The van der Waals surface area contributed by atoms with Crippen molar-refractivity contribution >= 4 is 17.5 Å². The largest absolute Gasteiger partial charge is 0.493 e. The fourth-order valence-corrected chi connectivity index (χ4v) is 4.80. The first kappa shape index (κ1) is 20.4. The van der Waals surface area contributed by atoms with Gasteiger partial charge in [0, 0.05) is 37.0 Å². The Bertz CT molecular complexity index is 1270. The van der Waals surface area contributed by atoms with Gasteiger partial charge in [0.15, 0.2) is 17.2 Å². The molecule has 8 heteroatoms. The topological polar surface area (TPSA) is 67.5 Å². The number of amides is 1. The molecule has 5 rings (SSSR count). The molecular formula is C24H19ClFN3O3. The number of para-hydroxylation sites is 1. The van der Waals surface area contributed by atoms with Crippen molar-refractivity contribution < 1.29 is 18.7 Å². The predicted octanol–water partition coefficient (Wildman–Crippen LogP) is 4.67. The molecule has 0 N–H and O–H groups in total. The highest BCUT2D eigenvalue weighted by Gasteiger charge is 2.45. The van der Waals surface area contributed by atoms with Gasteiger partial charge in [-0.2, -0.15) is 5.26 Å². The summed E-state index contributed by atoms with van der Waals surface area (Å²) >= 11 is 6.20. The van der Waals surface area contributed by atoms with Crippen molar-refractivity contribution in [1.82, 2.24) is 9.47 Å². The molecule has 1 saturated heterocycles. The van der Waals surface area contributed by atoms with Crippen LogP contribution in [0.25, 0.3) is 5.69 Å². The maximum absolute atomic E-state index is 14.1. The Kier molecular flexibility index (Phi) is 4.83. The van der Waals surface area contributed by atoms with E-state index in [9.17, 15) is 14.4 Å². The minimum atomic E-state index is -0.699. The van der Waals surface area contributed by atoms with Crippen LogP contribution in [0.3, 0.4) is 0 Å². The minimum absolute atomic E-state index is 0.0530. The third kappa shape index (κ3) is 3.02. The fourth-order valence-electron chi connectivity index (χ4n) is 4.64. The Hall–Kier alpha value is -3.50. The number of carbonyl (C=O) groups excluding carboxylic acids is 1. The number of aromatic nitrogens is 1. The number of methoxy groups -OCH3 is 1. The van der Waals surface area contributed by atoms with Crippen molar-refractivity contribution in [3.05, 3.63) is 76.3 Å². The lowest BCUT2D eigenvalue weighted by Crippen LogP contribution is -2.50. The average molecular weight is 452 g/mol. The van der Waals surface area contributed by atoms with Crippen molar-refractivity contribution in [3.8, 4) is 23.3 Å². The van der Waals surface area contributed by atoms with Crippen LogP contribution < -0.4 is 9.47 Å². The SMILES string of the molecule is COc1c(F)cccc1C(=O)N1CCC2(CC1)Oc1cc(Cl)ccc1-n1c(C#N)ccc12. The van der Waals surface area contributed by atoms with Crippen LogP contribution in [-0.2, 0) is 5.60 Å². The van der Waals surface area contributed by atoms with Crippen LogP contribution in [0, 0.1) is 17.1 Å². The highest BCUT2D eigenvalue weighted by molar-refractivity contribution is 6.30. The molecule has 6 nitrogen and oxygen atoms in total. The number of piperidine rings is 1. The van der Waals surface area contributed by atoms with Crippen molar-refractivity contribution in [2.75, 3.05) is 20.2 Å². The molecule has 0 atom stereocenters. The Morgan fingerprint density at radius 1 is 1.22 bits per heavy atom. The maximum Gasteiger partial charge on any atom is 0.257 e. The second-order valence-electron chi connectivity index (χ2n) is 7.87. The standard InChI is InChI=1S/C24H19ClFN3O3/c1-31-22-17(3-2-4-18(22)26)23(30)28-11-9-24(10-12-28)21-8-6-16(14-27)29(21)19-7-5-15(25)13-20(19)32-24/h2-8,13H,9-12H2,1H3. The van der Waals surface area contributed by atoms with E-state index in [4.69, 9.17) is 21.1 Å². The number of ether oxygens (including phenoxy) is 2. The lowest BCUT2D eigenvalue weighted by atomic mass is 9.86. The number of nitrogens with zero attached hydrogens (tertiary/aromatic N) is 3. The molecular weight excluding hydrogens is 433 g/mol. The Morgan fingerprint density at radius 3 is 2.72 bits per heavy atom. The van der Waals surface area contributed by atoms with E-state index in [1.54, 1.807) is 29.2 Å². The molecule has 1 amide bonds. The number of fused-ring (bicyclic) bond motifs is 4. The van der Waals surface area contributed by atoms with E-state index < -0.39 is 11.4 Å². The minimum Gasteiger partial charge on any atom is -0.493 e. The number of rotatable bonds is 2. The van der Waals surface area contributed by atoms with Gasteiger partial charge < -0.3 is 14.4 Å². The van der Waals surface area contributed by atoms with E-state index in [1.807, 2.05) is 16.7 Å². The zero-order chi connectivity index (χ0) is 22.5. The summed E-state index contributed by atoms with van der Waals surface area (Å²) in [6.45, 7) is 0.808. The summed E-state index contributed by atoms with van der Waals surface area (Å²) in [4.78, 5) is 14.8. The number of hydrogen-bond donors (Lipinski definition) is 0. The molecule has 0 aliphatic carbocycles. The summed E-state index contributed by atoms with van der Waals surface area (Å²) in [5, 5.41) is 10.2. The highest BCUT2D eigenvalue weighted by atomic mass is 35.5. The molecule has 1 spiro atoms. The molecule has 1 fully saturated rings. The predicted molar refractivity (Wildman–Crippen MR) is 116 cm³/mol. The molecule has 0 unspecified atom stereocenters. The second kappa shape index (κ2) is 7.57. The fraction of sp³-hybridized carbons (Fsp3) is 0.250. The van der Waals surface area contributed by atoms with Gasteiger partial charge in [0.1, 0.15) is 17.5 Å². The van der Waals surface area contributed by atoms with Crippen molar-refractivity contribution in [2.24, 2.45) is 0 Å². The van der Waals surface area contributed by atoms with Gasteiger partial charge in [0.2, 0.25) is 0 Å². The molecule has 0 saturated carbocycles. The maximum atomic E-state index is 14.1. The van der Waals surface area contributed by atoms with E-state index >= 15 is 0 Å². The van der Waals surface area contributed by atoms with Crippen LogP contribution in [0.4, 0.5) is 4.39 Å². The van der Waals surface area contributed by atoms with Crippen molar-refractivity contribution in [3.63, 3.8) is 0 Å². The average Bonchev–Trinajstić information content (AvgIpc) is 3.24. The number of carbonyl (C=O) groups is 1. The number of nitriles is 1. The van der Waals surface area contributed by atoms with Crippen LogP contribution in [0.15, 0.2) is 48.5 Å². The summed E-state index contributed by atoms with van der Waals surface area (Å²) in [6.07, 6.45) is 1.02. The first-order valence-corrected chi connectivity index (χ1v) is 10.6. The number of halogens is 2. The molecule has 3 aromatic rings. The van der Waals surface area contributed by atoms with Gasteiger partial charge in [0.05, 0.1) is 24.1 Å². The lowest BCUT2D eigenvalue weighted by Gasteiger charge is -2.45. The Labute approximate surface area is 189 Å². The van der Waals surface area contributed by atoms with Gasteiger partial charge in [-0.3, -0.25) is 9.36 Å². The van der Waals surface area contributed by atoms with E-state index in [-0.39, 0.29) is 17.2 Å². The summed E-state index contributed by atoms with van der Waals surface area (Å²) in [6, 6.07) is 15.6. The van der Waals surface area contributed by atoms with Crippen LogP contribution in [-0.4, -0.2) is 35.6 Å². The zero-order valence-electron chi connectivity index (χ0n) is 17.3. The van der Waals surface area contributed by atoms with Gasteiger partial charge in [-0.05, 0) is 36.4 Å². The molecule has 1 aromatic heterocycles. The summed E-state index contributed by atoms with van der Waals surface area (Å²) < 4.78 is 27.6. The zero-order valence-corrected chi connectivity index (χ0v) is 18.0. The van der Waals surface area contributed by atoms with Gasteiger partial charge in [0.25, 0.3) is 5.91 Å². The van der Waals surface area contributed by atoms with E-state index in [0.29, 0.717) is 42.4 Å². The monoisotopic (exact) mass is 451 g/mol. The third-order valence-corrected chi connectivity index (χ3v) is 6.43. The second-order valence-corrected chi connectivity index (χ2v) is 8.31. The summed E-state index contributed by atoms with van der Waals surface area (Å²) in [7, 11) is 1.35. The first-order chi connectivity index (χ1) is 15.5. The smallest absolute Gasteiger partial charge is 0.257 e. The summed E-state index contributed by atoms with van der Waals surface area (Å²) in [5.74, 6) is -0.312. The molecule has 2 aliphatic heterocycles. The molecule has 2 aliphatic rings. The molecule has 0 radical (unpaired) electrons. The van der Waals surface area contributed by atoms with Gasteiger partial charge in [-0.1, -0.05) is 17.7 Å². The lowest BCUT2D eigenvalue weighted by molar-refractivity contribution is -0.00944. The molecule has 3 heterocycles. The Morgan fingerprint density at radius 2 is 2.00 bits per heavy atom. The van der Waals surface area contributed by atoms with Crippen LogP contribution >= 0.6 is 11.6 Å². The molecule has 2 aromatic carbocycles. The van der Waals surface area contributed by atoms with Crippen LogP contribution in [0.2, 0.25) is 5.02 Å². The molecule has 0 bridgehead atoms. The van der Waals surface area contributed by atoms with Crippen LogP contribution in [0.1, 0.15) is 34.6 Å². The third-order valence-electron chi connectivity index (χ3n) is 6.19. The normalized spacial score (nSPS) is 16.0. The van der Waals surface area contributed by atoms with E-state index in [1.165, 1.54) is 19.2 Å². The first-order valence-electron chi connectivity index (χ1n) is 10.2. The quantitative estimate of drug-likeness (QED) is 0.567. The summed E-state index contributed by atoms with van der Waals surface area (Å²) in [5.41, 5.74) is 1.64. The van der Waals surface area contributed by atoms with Gasteiger partial charge in [-0.15, -0.1) is 0 Å². The highest BCUT2D eigenvalue weighted by Crippen LogP contribution is 2.46. The number of likely N-dealkylation sites (tertiary alicyclic amines) is 1. The molecule has 162 valence electrons. The van der Waals surface area contributed by atoms with Crippen molar-refractivity contribution in [2.45, 2.75) is 18.4 Å². The van der Waals surface area contributed by atoms with Crippen LogP contribution in [0.5, 0.6) is 11.5 Å². The van der Waals surface area contributed by atoms with E-state index in [0.717, 1.165) is 11.4 Å². The van der Waals surface area contributed by atoms with Gasteiger partial charge >= 0.3 is 0 Å². The molecule has 32 heavy (non-hydrogen) atoms. The number of benzene rings is 2. The Balaban J connectivity index is 1.47. The van der Waals surface area contributed by atoms with Gasteiger partial charge in [-0.25, -0.2) is 4.39 Å². The van der Waals surface area contributed by atoms with Crippen molar-refractivity contribution in [1.29, 1.82) is 5.26 Å².